The van der Waals surface area contributed by atoms with Crippen molar-refractivity contribution < 1.29 is 4.92 Å². The van der Waals surface area contributed by atoms with E-state index in [1.165, 1.54) is 12.8 Å². The monoisotopic (exact) mass is 291 g/mol. The van der Waals surface area contributed by atoms with E-state index in [9.17, 15) is 10.1 Å². The molecule has 1 aliphatic heterocycles. The normalized spacial score (nSPS) is 20.4. The van der Waals surface area contributed by atoms with Gasteiger partial charge in [-0.3, -0.25) is 15.0 Å². The van der Waals surface area contributed by atoms with Gasteiger partial charge in [-0.1, -0.05) is 26.0 Å². The average molecular weight is 291 g/mol. The predicted molar refractivity (Wildman–Crippen MR) is 84.4 cm³/mol. The summed E-state index contributed by atoms with van der Waals surface area (Å²) in [6.45, 7) is 7.41. The van der Waals surface area contributed by atoms with Crippen LogP contribution in [0.15, 0.2) is 24.3 Å². The minimum atomic E-state index is -0.311. The molecule has 0 saturated carbocycles. The van der Waals surface area contributed by atoms with Crippen LogP contribution in [0.25, 0.3) is 0 Å². The standard InChI is InChI=1S/C16H25N3O2/c1-3-16(13-7-5-8-14(11-13)19(20)21)18(4-2)15-9-6-10-17-12-15/h5,7-8,11,15-17H,3-4,6,9-10,12H2,1-2H3. The maximum Gasteiger partial charge on any atom is 0.269 e. The number of nitro groups is 1. The second kappa shape index (κ2) is 7.52. The van der Waals surface area contributed by atoms with Gasteiger partial charge in [0, 0.05) is 30.8 Å². The Morgan fingerprint density at radius 1 is 1.48 bits per heavy atom. The molecule has 1 heterocycles. The van der Waals surface area contributed by atoms with Crippen molar-refractivity contribution in [3.63, 3.8) is 0 Å². The van der Waals surface area contributed by atoms with Gasteiger partial charge in [-0.25, -0.2) is 0 Å². The van der Waals surface area contributed by atoms with E-state index in [4.69, 9.17) is 0 Å². The van der Waals surface area contributed by atoms with Crippen LogP contribution in [0.3, 0.4) is 0 Å². The first-order valence-corrected chi connectivity index (χ1v) is 7.88. The Kier molecular flexibility index (Phi) is 5.70. The molecule has 0 amide bonds. The van der Waals surface area contributed by atoms with Crippen LogP contribution in [0.5, 0.6) is 0 Å². The van der Waals surface area contributed by atoms with Gasteiger partial charge in [0.2, 0.25) is 0 Å². The highest BCUT2D eigenvalue weighted by molar-refractivity contribution is 5.36. The van der Waals surface area contributed by atoms with Gasteiger partial charge in [0.1, 0.15) is 0 Å². The summed E-state index contributed by atoms with van der Waals surface area (Å²) in [5, 5.41) is 14.4. The largest absolute Gasteiger partial charge is 0.315 e. The lowest BCUT2D eigenvalue weighted by Gasteiger charge is -2.39. The number of hydrogen-bond donors (Lipinski definition) is 1. The van der Waals surface area contributed by atoms with Gasteiger partial charge in [0.15, 0.2) is 0 Å². The molecule has 5 nitrogen and oxygen atoms in total. The van der Waals surface area contributed by atoms with Crippen LogP contribution >= 0.6 is 0 Å². The molecule has 0 aliphatic carbocycles. The topological polar surface area (TPSA) is 58.4 Å². The van der Waals surface area contributed by atoms with Gasteiger partial charge in [-0.2, -0.15) is 0 Å². The molecule has 0 aromatic heterocycles. The third kappa shape index (κ3) is 3.80. The molecule has 0 radical (unpaired) electrons. The summed E-state index contributed by atoms with van der Waals surface area (Å²) in [5.74, 6) is 0. The highest BCUT2D eigenvalue weighted by Crippen LogP contribution is 2.30. The minimum Gasteiger partial charge on any atom is -0.315 e. The molecule has 1 fully saturated rings. The Morgan fingerprint density at radius 3 is 2.86 bits per heavy atom. The van der Waals surface area contributed by atoms with Crippen LogP contribution in [0.4, 0.5) is 5.69 Å². The van der Waals surface area contributed by atoms with E-state index >= 15 is 0 Å². The number of nitrogens with one attached hydrogen (secondary N) is 1. The zero-order valence-electron chi connectivity index (χ0n) is 12.9. The molecule has 116 valence electrons. The Hall–Kier alpha value is -1.46. The van der Waals surface area contributed by atoms with E-state index in [1.807, 2.05) is 6.07 Å². The number of piperidine rings is 1. The Labute approximate surface area is 126 Å². The van der Waals surface area contributed by atoms with Crippen LogP contribution in [-0.4, -0.2) is 35.5 Å². The van der Waals surface area contributed by atoms with Gasteiger partial charge >= 0.3 is 0 Å². The molecule has 1 aliphatic rings. The Morgan fingerprint density at radius 2 is 2.29 bits per heavy atom. The van der Waals surface area contributed by atoms with Gasteiger partial charge in [0.05, 0.1) is 4.92 Å². The third-order valence-corrected chi connectivity index (χ3v) is 4.36. The second-order valence-corrected chi connectivity index (χ2v) is 5.61. The van der Waals surface area contributed by atoms with Crippen molar-refractivity contribution in [3.8, 4) is 0 Å². The zero-order valence-corrected chi connectivity index (χ0v) is 12.9. The number of hydrogen-bond acceptors (Lipinski definition) is 4. The van der Waals surface area contributed by atoms with Crippen molar-refractivity contribution in [3.05, 3.63) is 39.9 Å². The fraction of sp³-hybridized carbons (Fsp3) is 0.625. The maximum absolute atomic E-state index is 11.0. The molecule has 1 aromatic rings. The van der Waals surface area contributed by atoms with E-state index < -0.39 is 0 Å². The average Bonchev–Trinajstić information content (AvgIpc) is 2.53. The molecule has 21 heavy (non-hydrogen) atoms. The van der Waals surface area contributed by atoms with Crippen molar-refractivity contribution >= 4 is 5.69 Å². The number of likely N-dealkylation sites (N-methyl/N-ethyl adjacent to an activating group) is 1. The van der Waals surface area contributed by atoms with Crippen molar-refractivity contribution in [2.24, 2.45) is 0 Å². The van der Waals surface area contributed by atoms with E-state index in [0.29, 0.717) is 6.04 Å². The molecule has 1 saturated heterocycles. The summed E-state index contributed by atoms with van der Waals surface area (Å²) in [5.41, 5.74) is 1.24. The summed E-state index contributed by atoms with van der Waals surface area (Å²) in [6.07, 6.45) is 3.37. The highest BCUT2D eigenvalue weighted by Gasteiger charge is 2.27. The van der Waals surface area contributed by atoms with Gasteiger partial charge in [-0.05, 0) is 37.9 Å². The lowest BCUT2D eigenvalue weighted by molar-refractivity contribution is -0.385. The lowest BCUT2D eigenvalue weighted by atomic mass is 9.97. The molecule has 2 unspecified atom stereocenters. The first kappa shape index (κ1) is 15.9. The van der Waals surface area contributed by atoms with E-state index in [2.05, 4.69) is 24.1 Å². The van der Waals surface area contributed by atoms with Crippen LogP contribution in [0.1, 0.15) is 44.7 Å². The molecular formula is C16H25N3O2. The SMILES string of the molecule is CCC(c1cccc([N+](=O)[O-])c1)N(CC)C1CCCNC1. The highest BCUT2D eigenvalue weighted by atomic mass is 16.6. The number of non-ortho nitro benzene ring substituents is 1. The molecule has 1 aromatic carbocycles. The van der Waals surface area contributed by atoms with Crippen LogP contribution < -0.4 is 5.32 Å². The van der Waals surface area contributed by atoms with Crippen molar-refractivity contribution in [2.75, 3.05) is 19.6 Å². The fourth-order valence-electron chi connectivity index (χ4n) is 3.36. The quantitative estimate of drug-likeness (QED) is 0.646. The second-order valence-electron chi connectivity index (χ2n) is 5.61. The Balaban J connectivity index is 2.23. The molecule has 2 rings (SSSR count). The van der Waals surface area contributed by atoms with E-state index in [-0.39, 0.29) is 16.7 Å². The predicted octanol–water partition coefficient (Wildman–Crippen LogP) is 3.12. The number of nitro benzene ring substituents is 1. The Bertz CT molecular complexity index is 472. The first-order chi connectivity index (χ1) is 10.2. The maximum atomic E-state index is 11.0. The molecule has 2 atom stereocenters. The smallest absolute Gasteiger partial charge is 0.269 e. The van der Waals surface area contributed by atoms with E-state index in [1.54, 1.807) is 18.2 Å². The summed E-state index contributed by atoms with van der Waals surface area (Å²) in [7, 11) is 0. The van der Waals surface area contributed by atoms with Crippen molar-refractivity contribution in [1.29, 1.82) is 0 Å². The number of nitrogens with zero attached hydrogens (tertiary/aromatic N) is 2. The van der Waals surface area contributed by atoms with Crippen LogP contribution in [0.2, 0.25) is 0 Å². The van der Waals surface area contributed by atoms with Crippen LogP contribution in [0, 0.1) is 10.1 Å². The fourth-order valence-corrected chi connectivity index (χ4v) is 3.36. The van der Waals surface area contributed by atoms with Gasteiger partial charge < -0.3 is 5.32 Å². The van der Waals surface area contributed by atoms with Crippen LogP contribution in [-0.2, 0) is 0 Å². The minimum absolute atomic E-state index is 0.184. The molecule has 5 heteroatoms. The third-order valence-electron chi connectivity index (χ3n) is 4.36. The summed E-state index contributed by atoms with van der Waals surface area (Å²) in [4.78, 5) is 13.2. The van der Waals surface area contributed by atoms with Gasteiger partial charge in [-0.15, -0.1) is 0 Å². The molecule has 0 spiro atoms. The molecular weight excluding hydrogens is 266 g/mol. The van der Waals surface area contributed by atoms with E-state index in [0.717, 1.165) is 31.6 Å². The zero-order chi connectivity index (χ0) is 15.2. The number of rotatable bonds is 6. The molecule has 0 bridgehead atoms. The first-order valence-electron chi connectivity index (χ1n) is 7.88. The number of benzene rings is 1. The summed E-state index contributed by atoms with van der Waals surface area (Å²) >= 11 is 0. The van der Waals surface area contributed by atoms with Crippen molar-refractivity contribution in [2.45, 2.75) is 45.2 Å². The lowest BCUT2D eigenvalue weighted by Crippen LogP contribution is -2.47. The van der Waals surface area contributed by atoms with Crippen molar-refractivity contribution in [1.82, 2.24) is 10.2 Å². The van der Waals surface area contributed by atoms with Gasteiger partial charge in [0.25, 0.3) is 5.69 Å². The summed E-state index contributed by atoms with van der Waals surface area (Å²) in [6, 6.07) is 7.87. The summed E-state index contributed by atoms with van der Waals surface area (Å²) < 4.78 is 0. The molecule has 1 N–H and O–H groups in total.